The number of aromatic amines is 1. The third kappa shape index (κ3) is 4.27. The molecule has 11 nitrogen and oxygen atoms in total. The van der Waals surface area contributed by atoms with Crippen LogP contribution >= 0.6 is 11.6 Å². The van der Waals surface area contributed by atoms with Crippen molar-refractivity contribution >= 4 is 34.4 Å². The number of aromatic nitrogens is 6. The van der Waals surface area contributed by atoms with Crippen LogP contribution < -0.4 is 20.3 Å². The Hall–Kier alpha value is -4.64. The number of aryl methyl sites for hydroxylation is 1. The third-order valence-electron chi connectivity index (χ3n) is 5.38. The van der Waals surface area contributed by atoms with E-state index in [9.17, 15) is 9.59 Å². The van der Waals surface area contributed by atoms with Gasteiger partial charge in [-0.25, -0.2) is 4.68 Å². The van der Waals surface area contributed by atoms with Gasteiger partial charge in [0.05, 0.1) is 31.8 Å². The predicted molar refractivity (Wildman–Crippen MR) is 134 cm³/mol. The molecule has 0 spiro atoms. The fraction of sp³-hybridized carbons (Fsp3) is 0.125. The first-order valence-corrected chi connectivity index (χ1v) is 11.1. The third-order valence-corrected chi connectivity index (χ3v) is 5.64. The molecule has 0 aliphatic heterocycles. The van der Waals surface area contributed by atoms with E-state index in [0.29, 0.717) is 50.3 Å². The number of nitrogens with one attached hydrogen (secondary N) is 2. The first-order valence-electron chi connectivity index (χ1n) is 10.7. The van der Waals surface area contributed by atoms with Crippen molar-refractivity contribution in [3.63, 3.8) is 0 Å². The molecule has 3 aromatic heterocycles. The Bertz CT molecular complexity index is 1630. The summed E-state index contributed by atoms with van der Waals surface area (Å²) in [5.74, 6) is 0.921. The van der Waals surface area contributed by atoms with Crippen molar-refractivity contribution in [3.05, 3.63) is 81.4 Å². The van der Waals surface area contributed by atoms with Crippen LogP contribution in [0.3, 0.4) is 0 Å². The molecule has 1 amide bonds. The molecule has 0 saturated carbocycles. The number of benzene rings is 2. The maximum atomic E-state index is 13.1. The van der Waals surface area contributed by atoms with Crippen molar-refractivity contribution in [2.75, 3.05) is 19.5 Å². The predicted octanol–water partition coefficient (Wildman–Crippen LogP) is 3.53. The summed E-state index contributed by atoms with van der Waals surface area (Å²) >= 11 is 6.00. The summed E-state index contributed by atoms with van der Waals surface area (Å²) in [5.41, 5.74) is 1.50. The van der Waals surface area contributed by atoms with Gasteiger partial charge >= 0.3 is 0 Å². The smallest absolute Gasteiger partial charge is 0.263 e. The molecule has 0 unspecified atom stereocenters. The topological polar surface area (TPSA) is 129 Å². The summed E-state index contributed by atoms with van der Waals surface area (Å²) in [6.45, 7) is 1.76. The number of methoxy groups -OCH3 is 2. The van der Waals surface area contributed by atoms with Gasteiger partial charge in [-0.2, -0.15) is 19.9 Å². The first-order chi connectivity index (χ1) is 17.4. The monoisotopic (exact) mass is 505 g/mol. The van der Waals surface area contributed by atoms with E-state index >= 15 is 0 Å². The highest BCUT2D eigenvalue weighted by molar-refractivity contribution is 6.30. The van der Waals surface area contributed by atoms with Gasteiger partial charge in [-0.15, -0.1) is 0 Å². The number of fused-ring (bicyclic) bond motifs is 1. The Morgan fingerprint density at radius 3 is 2.39 bits per heavy atom. The maximum absolute atomic E-state index is 13.1. The molecule has 0 aliphatic carbocycles. The van der Waals surface area contributed by atoms with E-state index in [1.807, 2.05) is 0 Å². The van der Waals surface area contributed by atoms with Crippen LogP contribution in [0.1, 0.15) is 16.1 Å². The second-order valence-corrected chi connectivity index (χ2v) is 8.23. The average Bonchev–Trinajstić information content (AvgIpc) is 3.47. The van der Waals surface area contributed by atoms with E-state index < -0.39 is 11.5 Å². The summed E-state index contributed by atoms with van der Waals surface area (Å²) < 4.78 is 13.4. The van der Waals surface area contributed by atoms with Crippen molar-refractivity contribution in [3.8, 4) is 23.1 Å². The minimum atomic E-state index is -0.428. The zero-order valence-electron chi connectivity index (χ0n) is 19.4. The number of carbonyl (C=O) groups excluding carboxylic acids is 1. The number of halogens is 1. The van der Waals surface area contributed by atoms with Gasteiger partial charge in [-0.1, -0.05) is 11.6 Å². The lowest BCUT2D eigenvalue weighted by atomic mass is 10.2. The van der Waals surface area contributed by atoms with Gasteiger partial charge in [-0.05, 0) is 43.3 Å². The number of nitrogens with zero attached hydrogens (tertiary/aromatic N) is 5. The SMILES string of the molecule is COc1cc(OC)cc(C(=O)Nc2cc(C)nn2-c2nc3c(cnn3-c3ccc(Cl)cc3)c(=O)[nH]2)c1. The lowest BCUT2D eigenvalue weighted by Gasteiger charge is -2.11. The molecule has 12 heteroatoms. The Morgan fingerprint density at radius 1 is 1.03 bits per heavy atom. The molecule has 0 saturated heterocycles. The van der Waals surface area contributed by atoms with Gasteiger partial charge in [0.15, 0.2) is 5.65 Å². The zero-order chi connectivity index (χ0) is 25.4. The largest absolute Gasteiger partial charge is 0.497 e. The Kier molecular flexibility index (Phi) is 5.90. The van der Waals surface area contributed by atoms with Crippen molar-refractivity contribution in [1.29, 1.82) is 0 Å². The lowest BCUT2D eigenvalue weighted by molar-refractivity contribution is 0.102. The molecule has 5 rings (SSSR count). The van der Waals surface area contributed by atoms with Gasteiger partial charge in [0, 0.05) is 22.7 Å². The van der Waals surface area contributed by atoms with Crippen LogP contribution in [0.5, 0.6) is 11.5 Å². The van der Waals surface area contributed by atoms with Crippen LogP contribution in [0.4, 0.5) is 5.82 Å². The lowest BCUT2D eigenvalue weighted by Crippen LogP contribution is -2.19. The molecule has 182 valence electrons. The van der Waals surface area contributed by atoms with Crippen LogP contribution in [-0.2, 0) is 0 Å². The summed E-state index contributed by atoms with van der Waals surface area (Å²) in [6, 6.07) is 13.5. The summed E-state index contributed by atoms with van der Waals surface area (Å²) in [4.78, 5) is 33.2. The van der Waals surface area contributed by atoms with E-state index in [1.54, 1.807) is 55.5 Å². The minimum absolute atomic E-state index is 0.106. The fourth-order valence-electron chi connectivity index (χ4n) is 3.66. The maximum Gasteiger partial charge on any atom is 0.263 e. The van der Waals surface area contributed by atoms with Gasteiger partial charge in [-0.3, -0.25) is 14.6 Å². The molecule has 0 atom stereocenters. The molecule has 2 N–H and O–H groups in total. The van der Waals surface area contributed by atoms with Crippen molar-refractivity contribution in [1.82, 2.24) is 29.5 Å². The Labute approximate surface area is 209 Å². The number of amides is 1. The van der Waals surface area contributed by atoms with Gasteiger partial charge in [0.2, 0.25) is 5.95 Å². The quantitative estimate of drug-likeness (QED) is 0.361. The molecule has 0 fully saturated rings. The van der Waals surface area contributed by atoms with Crippen molar-refractivity contribution in [2.24, 2.45) is 0 Å². The fourth-order valence-corrected chi connectivity index (χ4v) is 3.78. The summed E-state index contributed by atoms with van der Waals surface area (Å²) in [6.07, 6.45) is 1.44. The number of hydrogen-bond acceptors (Lipinski definition) is 7. The highest BCUT2D eigenvalue weighted by atomic mass is 35.5. The second kappa shape index (κ2) is 9.19. The number of carbonyl (C=O) groups is 1. The number of anilines is 1. The van der Waals surface area contributed by atoms with Gasteiger partial charge < -0.3 is 14.8 Å². The normalized spacial score (nSPS) is 11.0. The van der Waals surface area contributed by atoms with Crippen LogP contribution in [0.15, 0.2) is 59.5 Å². The van der Waals surface area contributed by atoms with Crippen LogP contribution in [0, 0.1) is 6.92 Å². The van der Waals surface area contributed by atoms with E-state index in [0.717, 1.165) is 0 Å². The molecule has 0 aliphatic rings. The average molecular weight is 506 g/mol. The van der Waals surface area contributed by atoms with Gasteiger partial charge in [0.25, 0.3) is 11.5 Å². The Balaban J connectivity index is 1.56. The number of ether oxygens (including phenoxy) is 2. The molecule has 36 heavy (non-hydrogen) atoms. The number of rotatable bonds is 6. The summed E-state index contributed by atoms with van der Waals surface area (Å²) in [5, 5.41) is 12.4. The van der Waals surface area contributed by atoms with E-state index in [-0.39, 0.29) is 5.95 Å². The summed E-state index contributed by atoms with van der Waals surface area (Å²) in [7, 11) is 3.00. The van der Waals surface area contributed by atoms with E-state index in [1.165, 1.54) is 29.8 Å². The molecule has 2 aromatic carbocycles. The Morgan fingerprint density at radius 2 is 1.72 bits per heavy atom. The highest BCUT2D eigenvalue weighted by Crippen LogP contribution is 2.24. The molecule has 3 heterocycles. The molecule has 0 bridgehead atoms. The molecular weight excluding hydrogens is 486 g/mol. The zero-order valence-corrected chi connectivity index (χ0v) is 20.2. The van der Waals surface area contributed by atoms with Crippen LogP contribution in [-0.4, -0.2) is 49.7 Å². The molecular formula is C24H20ClN7O4. The van der Waals surface area contributed by atoms with Gasteiger partial charge in [0.1, 0.15) is 22.7 Å². The van der Waals surface area contributed by atoms with Crippen LogP contribution in [0.25, 0.3) is 22.7 Å². The highest BCUT2D eigenvalue weighted by Gasteiger charge is 2.18. The number of H-pyrrole nitrogens is 1. The number of hydrogen-bond donors (Lipinski definition) is 2. The molecule has 0 radical (unpaired) electrons. The molecule has 5 aromatic rings. The van der Waals surface area contributed by atoms with Crippen molar-refractivity contribution < 1.29 is 14.3 Å². The minimum Gasteiger partial charge on any atom is -0.497 e. The van der Waals surface area contributed by atoms with E-state index in [4.69, 9.17) is 21.1 Å². The van der Waals surface area contributed by atoms with Crippen molar-refractivity contribution in [2.45, 2.75) is 6.92 Å². The van der Waals surface area contributed by atoms with E-state index in [2.05, 4.69) is 25.5 Å². The van der Waals surface area contributed by atoms with Crippen LogP contribution in [0.2, 0.25) is 5.02 Å². The standard InChI is InChI=1S/C24H20ClN7O4/c1-13-8-20(27-22(33)14-9-17(35-2)11-18(10-14)36-3)32(30-13)24-28-21-19(23(34)29-24)12-26-31(21)16-6-4-15(25)5-7-16/h4-12H,1-3H3,(H,27,33)(H,28,29,34). The second-order valence-electron chi connectivity index (χ2n) is 7.80. The first kappa shape index (κ1) is 23.1.